The van der Waals surface area contributed by atoms with Crippen LogP contribution in [-0.4, -0.2) is 59.0 Å². The molecular formula is C21H30N4O. The number of aromatic nitrogens is 2. The van der Waals surface area contributed by atoms with Gasteiger partial charge in [-0.05, 0) is 59.0 Å². The van der Waals surface area contributed by atoms with Crippen molar-refractivity contribution in [3.05, 3.63) is 53.6 Å². The van der Waals surface area contributed by atoms with Gasteiger partial charge in [-0.3, -0.25) is 4.79 Å². The maximum Gasteiger partial charge on any atom is 0.253 e. The van der Waals surface area contributed by atoms with E-state index in [1.807, 2.05) is 42.3 Å². The Morgan fingerprint density at radius 3 is 2.77 bits per heavy atom. The molecule has 1 saturated heterocycles. The average Bonchev–Trinajstić information content (AvgIpc) is 3.10. The molecule has 1 aromatic carbocycles. The van der Waals surface area contributed by atoms with Crippen LogP contribution in [0.2, 0.25) is 0 Å². The Hall–Kier alpha value is -2.14. The molecule has 2 heterocycles. The van der Waals surface area contributed by atoms with Gasteiger partial charge >= 0.3 is 0 Å². The molecule has 1 amide bonds. The summed E-state index contributed by atoms with van der Waals surface area (Å²) in [6, 6.07) is 7.88. The second-order valence-electron chi connectivity index (χ2n) is 7.59. The fraction of sp³-hybridized carbons (Fsp3) is 0.524. The quantitative estimate of drug-likeness (QED) is 0.800. The van der Waals surface area contributed by atoms with E-state index in [2.05, 4.69) is 34.7 Å². The first-order valence-corrected chi connectivity index (χ1v) is 9.56. The number of carbonyl (C=O) groups is 1. The Bertz CT molecular complexity index is 720. The van der Waals surface area contributed by atoms with Gasteiger partial charge in [-0.15, -0.1) is 0 Å². The number of amides is 1. The van der Waals surface area contributed by atoms with Gasteiger partial charge in [0.25, 0.3) is 5.91 Å². The van der Waals surface area contributed by atoms with E-state index in [9.17, 15) is 4.79 Å². The predicted octanol–water partition coefficient (Wildman–Crippen LogP) is 3.16. The third-order valence-electron chi connectivity index (χ3n) is 5.12. The normalized spacial score (nSPS) is 17.7. The SMILES string of the molecule is Cc1ccc(C(=O)N2CCCC(c3nccn3CCCN(C)C)C2)cc1. The first-order chi connectivity index (χ1) is 12.5. The number of benzene rings is 1. The van der Waals surface area contributed by atoms with Crippen LogP contribution in [0.1, 0.15) is 46.9 Å². The molecule has 0 radical (unpaired) electrons. The summed E-state index contributed by atoms with van der Waals surface area (Å²) in [5.74, 6) is 1.60. The van der Waals surface area contributed by atoms with Crippen molar-refractivity contribution in [1.82, 2.24) is 19.4 Å². The molecule has 26 heavy (non-hydrogen) atoms. The summed E-state index contributed by atoms with van der Waals surface area (Å²) < 4.78 is 2.27. The van der Waals surface area contributed by atoms with E-state index in [1.165, 1.54) is 5.56 Å². The molecule has 5 nitrogen and oxygen atoms in total. The van der Waals surface area contributed by atoms with Crippen molar-refractivity contribution < 1.29 is 4.79 Å². The van der Waals surface area contributed by atoms with E-state index in [0.29, 0.717) is 5.92 Å². The molecule has 0 N–H and O–H groups in total. The van der Waals surface area contributed by atoms with Crippen LogP contribution >= 0.6 is 0 Å². The highest BCUT2D eigenvalue weighted by Gasteiger charge is 2.27. The first kappa shape index (κ1) is 18.6. The molecular weight excluding hydrogens is 324 g/mol. The van der Waals surface area contributed by atoms with Crippen LogP contribution in [0.5, 0.6) is 0 Å². The van der Waals surface area contributed by atoms with E-state index in [4.69, 9.17) is 0 Å². The standard InChI is InChI=1S/C21H30N4O/c1-17-7-9-18(10-8-17)21(26)25-13-4-6-19(16-25)20-22-11-15-24(20)14-5-12-23(2)3/h7-11,15,19H,4-6,12-14,16H2,1-3H3. The van der Waals surface area contributed by atoms with E-state index >= 15 is 0 Å². The summed E-state index contributed by atoms with van der Waals surface area (Å²) in [5, 5.41) is 0. The van der Waals surface area contributed by atoms with Crippen LogP contribution in [0.25, 0.3) is 0 Å². The Labute approximate surface area is 156 Å². The zero-order chi connectivity index (χ0) is 18.5. The largest absolute Gasteiger partial charge is 0.338 e. The van der Waals surface area contributed by atoms with Gasteiger partial charge in [0.1, 0.15) is 5.82 Å². The maximum absolute atomic E-state index is 12.9. The van der Waals surface area contributed by atoms with Crippen LogP contribution in [0, 0.1) is 6.92 Å². The monoisotopic (exact) mass is 354 g/mol. The van der Waals surface area contributed by atoms with Gasteiger partial charge in [-0.2, -0.15) is 0 Å². The van der Waals surface area contributed by atoms with Gasteiger partial charge in [0, 0.05) is 43.5 Å². The lowest BCUT2D eigenvalue weighted by molar-refractivity contribution is 0.0703. The van der Waals surface area contributed by atoms with Crippen LogP contribution < -0.4 is 0 Å². The number of likely N-dealkylation sites (tertiary alicyclic amines) is 1. The predicted molar refractivity (Wildman–Crippen MR) is 104 cm³/mol. The summed E-state index contributed by atoms with van der Waals surface area (Å²) in [7, 11) is 4.20. The van der Waals surface area contributed by atoms with Crippen LogP contribution in [0.15, 0.2) is 36.7 Å². The number of carbonyl (C=O) groups excluding carboxylic acids is 1. The molecule has 0 aliphatic carbocycles. The van der Waals surface area contributed by atoms with Gasteiger partial charge in [0.2, 0.25) is 0 Å². The van der Waals surface area contributed by atoms with E-state index in [1.54, 1.807) is 0 Å². The van der Waals surface area contributed by atoms with Crippen molar-refractivity contribution in [1.29, 1.82) is 0 Å². The fourth-order valence-electron chi connectivity index (χ4n) is 3.68. The molecule has 0 spiro atoms. The summed E-state index contributed by atoms with van der Waals surface area (Å²) in [5.41, 5.74) is 1.96. The molecule has 0 bridgehead atoms. The zero-order valence-corrected chi connectivity index (χ0v) is 16.2. The number of hydrogen-bond donors (Lipinski definition) is 0. The van der Waals surface area contributed by atoms with Gasteiger partial charge in [-0.25, -0.2) is 4.98 Å². The lowest BCUT2D eigenvalue weighted by Gasteiger charge is -2.33. The zero-order valence-electron chi connectivity index (χ0n) is 16.2. The number of aryl methyl sites for hydroxylation is 2. The van der Waals surface area contributed by atoms with Gasteiger partial charge in [-0.1, -0.05) is 17.7 Å². The Kier molecular flexibility index (Phi) is 6.09. The summed E-state index contributed by atoms with van der Waals surface area (Å²) in [4.78, 5) is 21.7. The second kappa shape index (κ2) is 8.49. The molecule has 1 aliphatic heterocycles. The maximum atomic E-state index is 12.9. The minimum atomic E-state index is 0.139. The molecule has 1 atom stereocenters. The van der Waals surface area contributed by atoms with Crippen molar-refractivity contribution in [2.24, 2.45) is 0 Å². The van der Waals surface area contributed by atoms with Crippen molar-refractivity contribution in [2.45, 2.75) is 38.6 Å². The molecule has 1 aliphatic rings. The summed E-state index contributed by atoms with van der Waals surface area (Å²) in [6.07, 6.45) is 7.21. The lowest BCUT2D eigenvalue weighted by atomic mass is 9.96. The summed E-state index contributed by atoms with van der Waals surface area (Å²) in [6.45, 7) is 5.69. The number of imidazole rings is 1. The van der Waals surface area contributed by atoms with Crippen LogP contribution in [-0.2, 0) is 6.54 Å². The van der Waals surface area contributed by atoms with Gasteiger partial charge in [0.05, 0.1) is 0 Å². The van der Waals surface area contributed by atoms with Crippen molar-refractivity contribution >= 4 is 5.91 Å². The first-order valence-electron chi connectivity index (χ1n) is 9.56. The van der Waals surface area contributed by atoms with Crippen LogP contribution in [0.4, 0.5) is 0 Å². The Balaban J connectivity index is 1.66. The smallest absolute Gasteiger partial charge is 0.253 e. The third-order valence-corrected chi connectivity index (χ3v) is 5.12. The van der Waals surface area contributed by atoms with Crippen LogP contribution in [0.3, 0.4) is 0 Å². The van der Waals surface area contributed by atoms with Gasteiger partial charge in [0.15, 0.2) is 0 Å². The van der Waals surface area contributed by atoms with E-state index in [-0.39, 0.29) is 5.91 Å². The summed E-state index contributed by atoms with van der Waals surface area (Å²) >= 11 is 0. The van der Waals surface area contributed by atoms with Crippen molar-refractivity contribution in [3.63, 3.8) is 0 Å². The highest BCUT2D eigenvalue weighted by atomic mass is 16.2. The average molecular weight is 354 g/mol. The highest BCUT2D eigenvalue weighted by molar-refractivity contribution is 5.94. The van der Waals surface area contributed by atoms with Gasteiger partial charge < -0.3 is 14.4 Å². The number of nitrogens with zero attached hydrogens (tertiary/aromatic N) is 4. The molecule has 1 fully saturated rings. The van der Waals surface area contributed by atoms with Crippen molar-refractivity contribution in [3.8, 4) is 0 Å². The Morgan fingerprint density at radius 2 is 2.04 bits per heavy atom. The molecule has 2 aromatic rings. The number of piperidine rings is 1. The lowest BCUT2D eigenvalue weighted by Crippen LogP contribution is -2.39. The van der Waals surface area contributed by atoms with E-state index < -0.39 is 0 Å². The van der Waals surface area contributed by atoms with Crippen molar-refractivity contribution in [2.75, 3.05) is 33.7 Å². The molecule has 0 saturated carbocycles. The topological polar surface area (TPSA) is 41.4 Å². The van der Waals surface area contributed by atoms with E-state index in [0.717, 1.165) is 56.8 Å². The third kappa shape index (κ3) is 4.52. The molecule has 140 valence electrons. The number of hydrogen-bond acceptors (Lipinski definition) is 3. The minimum Gasteiger partial charge on any atom is -0.338 e. The minimum absolute atomic E-state index is 0.139. The molecule has 3 rings (SSSR count). The molecule has 1 unspecified atom stereocenters. The fourth-order valence-corrected chi connectivity index (χ4v) is 3.68. The second-order valence-corrected chi connectivity index (χ2v) is 7.59. The number of rotatable bonds is 6. The highest BCUT2D eigenvalue weighted by Crippen LogP contribution is 2.27. The molecule has 5 heteroatoms. The Morgan fingerprint density at radius 1 is 1.27 bits per heavy atom. The molecule has 1 aromatic heterocycles.